The second-order valence-corrected chi connectivity index (χ2v) is 3.20. The first-order valence-corrected chi connectivity index (χ1v) is 3.87. The van der Waals surface area contributed by atoms with Crippen molar-refractivity contribution in [2.45, 2.75) is 29.9 Å². The van der Waals surface area contributed by atoms with Crippen molar-refractivity contribution in [3.05, 3.63) is 12.4 Å². The van der Waals surface area contributed by atoms with E-state index in [-0.39, 0.29) is 0 Å². The number of hydrogen-bond acceptors (Lipinski definition) is 0. The summed E-state index contributed by atoms with van der Waals surface area (Å²) < 4.78 is 136. The first-order valence-electron chi connectivity index (χ1n) is 3.87. The first-order chi connectivity index (χ1) is 7.94. The normalized spacial score (nSPS) is 25.7. The van der Waals surface area contributed by atoms with Gasteiger partial charge in [0.25, 0.3) is 0 Å². The monoisotopic (exact) mass is 314 g/mol. The predicted molar refractivity (Wildman–Crippen MR) is 36.1 cm³/mol. The molecule has 0 heterocycles. The van der Waals surface area contributed by atoms with Crippen LogP contribution in [-0.4, -0.2) is 29.9 Å². The Kier molecular flexibility index (Phi) is 3.96. The van der Waals surface area contributed by atoms with Gasteiger partial charge in [0.15, 0.2) is 5.83 Å². The van der Waals surface area contributed by atoms with Gasteiger partial charge in [-0.05, 0) is 0 Å². The summed E-state index contributed by atoms with van der Waals surface area (Å²) in [5, 5.41) is 0. The molecule has 12 heteroatoms. The minimum Gasteiger partial charge on any atom is -0.202 e. The molecule has 114 valence electrons. The number of halogens is 12. The third kappa shape index (κ3) is 2.24. The Morgan fingerprint density at radius 1 is 0.632 bits per heavy atom. The van der Waals surface area contributed by atoms with Crippen LogP contribution >= 0.6 is 0 Å². The highest BCUT2D eigenvalue weighted by Gasteiger charge is 3.01. The van der Waals surface area contributed by atoms with Crippen molar-refractivity contribution in [2.24, 2.45) is 0 Å². The standard InChI is InChI=1S/C4F8.C3H2F4/c5-1(6)2(7,8)4(11,12)3(1,9)10;1-2(4)3(5,6)7/h;1H2. The van der Waals surface area contributed by atoms with Crippen LogP contribution in [0.1, 0.15) is 0 Å². The van der Waals surface area contributed by atoms with E-state index in [1.54, 1.807) is 0 Å². The SMILES string of the molecule is C=C(F)C(F)(F)F.FC1(F)C(F)(F)C(F)(F)C1(F)F. The lowest BCUT2D eigenvalue weighted by Gasteiger charge is -2.49. The van der Waals surface area contributed by atoms with Crippen LogP contribution in [0.4, 0.5) is 52.7 Å². The minimum atomic E-state index is -5.97. The Bertz CT molecular complexity index is 297. The molecule has 0 aromatic carbocycles. The molecule has 1 aliphatic carbocycles. The maximum atomic E-state index is 11.6. The van der Waals surface area contributed by atoms with E-state index in [1.807, 2.05) is 6.58 Å². The van der Waals surface area contributed by atoms with Crippen LogP contribution in [0.15, 0.2) is 12.4 Å². The highest BCUT2D eigenvalue weighted by molar-refractivity contribution is 5.22. The average molecular weight is 314 g/mol. The lowest BCUT2D eigenvalue weighted by molar-refractivity contribution is -0.506. The average Bonchev–Trinajstić information content (AvgIpc) is 2.14. The van der Waals surface area contributed by atoms with E-state index in [1.165, 1.54) is 0 Å². The lowest BCUT2D eigenvalue weighted by Crippen LogP contribution is -2.82. The molecule has 1 fully saturated rings. The molecule has 0 aromatic heterocycles. The summed E-state index contributed by atoms with van der Waals surface area (Å²) in [4.78, 5) is 0. The van der Waals surface area contributed by atoms with Crippen molar-refractivity contribution in [2.75, 3.05) is 0 Å². The molecular weight excluding hydrogens is 312 g/mol. The fraction of sp³-hybridized carbons (Fsp3) is 0.714. The molecule has 1 aliphatic rings. The van der Waals surface area contributed by atoms with Gasteiger partial charge in [0.2, 0.25) is 0 Å². The highest BCUT2D eigenvalue weighted by Crippen LogP contribution is 2.69. The Balaban J connectivity index is 0.000000399. The van der Waals surface area contributed by atoms with Gasteiger partial charge in [-0.3, -0.25) is 0 Å². The van der Waals surface area contributed by atoms with E-state index < -0.39 is 35.7 Å². The first kappa shape index (κ1) is 17.9. The summed E-state index contributed by atoms with van der Waals surface area (Å²) >= 11 is 0. The lowest BCUT2D eigenvalue weighted by atomic mass is 9.80. The largest absolute Gasteiger partial charge is 0.442 e. The van der Waals surface area contributed by atoms with Crippen molar-refractivity contribution in [1.82, 2.24) is 0 Å². The predicted octanol–water partition coefficient (Wildman–Crippen LogP) is 4.57. The van der Waals surface area contributed by atoms with E-state index in [0.717, 1.165) is 0 Å². The van der Waals surface area contributed by atoms with Crippen molar-refractivity contribution < 1.29 is 52.7 Å². The fourth-order valence-electron chi connectivity index (χ4n) is 0.726. The Morgan fingerprint density at radius 2 is 0.737 bits per heavy atom. The summed E-state index contributed by atoms with van der Waals surface area (Å²) in [6, 6.07) is 0. The summed E-state index contributed by atoms with van der Waals surface area (Å²) in [6.07, 6.45) is -4.86. The van der Waals surface area contributed by atoms with Crippen molar-refractivity contribution in [3.8, 4) is 0 Å². The second-order valence-electron chi connectivity index (χ2n) is 3.20. The number of alkyl halides is 11. The minimum absolute atomic E-state index is 2.03. The van der Waals surface area contributed by atoms with E-state index >= 15 is 0 Å². The van der Waals surface area contributed by atoms with Gasteiger partial charge in [0.1, 0.15) is 0 Å². The van der Waals surface area contributed by atoms with Gasteiger partial charge in [-0.2, -0.15) is 48.3 Å². The van der Waals surface area contributed by atoms with Crippen LogP contribution in [0.3, 0.4) is 0 Å². The second kappa shape index (κ2) is 4.20. The van der Waals surface area contributed by atoms with Crippen LogP contribution in [0.5, 0.6) is 0 Å². The molecule has 0 bridgehead atoms. The molecule has 0 unspecified atom stereocenters. The van der Waals surface area contributed by atoms with Crippen LogP contribution in [-0.2, 0) is 0 Å². The summed E-state index contributed by atoms with van der Waals surface area (Å²) in [7, 11) is 0. The fourth-order valence-corrected chi connectivity index (χ4v) is 0.726. The maximum Gasteiger partial charge on any atom is 0.442 e. The number of hydrogen-bond donors (Lipinski definition) is 0. The molecule has 0 radical (unpaired) electrons. The quantitative estimate of drug-likeness (QED) is 0.575. The van der Waals surface area contributed by atoms with Gasteiger partial charge in [-0.1, -0.05) is 6.58 Å². The molecule has 0 atom stereocenters. The van der Waals surface area contributed by atoms with Crippen molar-refractivity contribution >= 4 is 0 Å². The molecule has 0 N–H and O–H groups in total. The van der Waals surface area contributed by atoms with Gasteiger partial charge >= 0.3 is 29.9 Å². The van der Waals surface area contributed by atoms with Gasteiger partial charge in [0, 0.05) is 0 Å². The van der Waals surface area contributed by atoms with Crippen LogP contribution in [0.25, 0.3) is 0 Å². The zero-order valence-corrected chi connectivity index (χ0v) is 8.24. The molecule has 0 aliphatic heterocycles. The third-order valence-electron chi connectivity index (χ3n) is 1.88. The Labute approximate surface area is 96.2 Å². The zero-order chi connectivity index (χ0) is 16.1. The van der Waals surface area contributed by atoms with Gasteiger partial charge in [-0.15, -0.1) is 0 Å². The van der Waals surface area contributed by atoms with Gasteiger partial charge in [-0.25, -0.2) is 4.39 Å². The molecule has 0 saturated heterocycles. The molecule has 1 rings (SSSR count). The molecular formula is C7H2F12. The van der Waals surface area contributed by atoms with Crippen LogP contribution < -0.4 is 0 Å². The Hall–Kier alpha value is -1.10. The van der Waals surface area contributed by atoms with Crippen LogP contribution in [0, 0.1) is 0 Å². The van der Waals surface area contributed by atoms with E-state index in [4.69, 9.17) is 0 Å². The number of allylic oxidation sites excluding steroid dienone is 1. The van der Waals surface area contributed by atoms with Crippen molar-refractivity contribution in [3.63, 3.8) is 0 Å². The third-order valence-corrected chi connectivity index (χ3v) is 1.88. The molecule has 0 aromatic rings. The molecule has 0 spiro atoms. The maximum absolute atomic E-state index is 11.6. The van der Waals surface area contributed by atoms with E-state index in [9.17, 15) is 52.7 Å². The summed E-state index contributed by atoms with van der Waals surface area (Å²) in [5.41, 5.74) is 0. The van der Waals surface area contributed by atoms with E-state index in [2.05, 4.69) is 0 Å². The van der Waals surface area contributed by atoms with Crippen molar-refractivity contribution in [1.29, 1.82) is 0 Å². The zero-order valence-electron chi connectivity index (χ0n) is 8.24. The molecule has 0 amide bonds. The van der Waals surface area contributed by atoms with Gasteiger partial charge < -0.3 is 0 Å². The smallest absolute Gasteiger partial charge is 0.202 e. The van der Waals surface area contributed by atoms with E-state index in [0.29, 0.717) is 0 Å². The topological polar surface area (TPSA) is 0 Å². The van der Waals surface area contributed by atoms with Crippen LogP contribution in [0.2, 0.25) is 0 Å². The summed E-state index contributed by atoms with van der Waals surface area (Å²) in [6.45, 7) is 2.03. The molecule has 19 heavy (non-hydrogen) atoms. The summed E-state index contributed by atoms with van der Waals surface area (Å²) in [5.74, 6) is -26.1. The molecule has 1 saturated carbocycles. The number of rotatable bonds is 0. The Morgan fingerprint density at radius 3 is 0.789 bits per heavy atom. The van der Waals surface area contributed by atoms with Gasteiger partial charge in [0.05, 0.1) is 0 Å². The molecule has 0 nitrogen and oxygen atoms in total. The highest BCUT2D eigenvalue weighted by atomic mass is 19.4.